The Hall–Kier alpha value is -1.21. The van der Waals surface area contributed by atoms with Gasteiger partial charge in [-0.05, 0) is 19.8 Å². The molecule has 2 bridgehead atoms. The summed E-state index contributed by atoms with van der Waals surface area (Å²) in [5.74, 6) is 0. The summed E-state index contributed by atoms with van der Waals surface area (Å²) >= 11 is 6.04. The molecular formula is C11H13ClN2O2. The Kier molecular flexibility index (Phi) is 3.06. The number of halogens is 1. The molecule has 86 valence electrons. The molecule has 0 saturated carbocycles. The minimum absolute atomic E-state index is 0.105. The van der Waals surface area contributed by atoms with Crippen LogP contribution in [0, 0.1) is 11.3 Å². The number of amides is 1. The molecule has 4 nitrogen and oxygen atoms in total. The van der Waals surface area contributed by atoms with Crippen molar-refractivity contribution in [2.75, 3.05) is 6.61 Å². The minimum atomic E-state index is -0.327. The molecule has 2 rings (SSSR count). The van der Waals surface area contributed by atoms with Crippen LogP contribution in [0.3, 0.4) is 0 Å². The molecule has 5 heteroatoms. The SMILES string of the molecule is CCOC(=O)N1[C@@H]2CC[C@@H]1C(C#N)=C(Cl)C2. The van der Waals surface area contributed by atoms with E-state index in [0.717, 1.165) is 12.8 Å². The average molecular weight is 241 g/mol. The maximum absolute atomic E-state index is 11.8. The molecule has 1 amide bonds. The Labute approximate surface area is 99.4 Å². The number of hydrogen-bond donors (Lipinski definition) is 0. The molecule has 2 heterocycles. The predicted octanol–water partition coefficient (Wildman–Crippen LogP) is 2.40. The van der Waals surface area contributed by atoms with Gasteiger partial charge in [-0.25, -0.2) is 4.79 Å². The Bertz CT molecular complexity index is 386. The second kappa shape index (κ2) is 4.34. The third kappa shape index (κ3) is 1.65. The normalized spacial score (nSPS) is 27.9. The van der Waals surface area contributed by atoms with Gasteiger partial charge < -0.3 is 4.74 Å². The molecule has 0 N–H and O–H groups in total. The largest absolute Gasteiger partial charge is 0.450 e. The molecule has 1 fully saturated rings. The first-order chi connectivity index (χ1) is 7.69. The second-order valence-electron chi connectivity index (χ2n) is 3.99. The first kappa shape index (κ1) is 11.3. The molecule has 16 heavy (non-hydrogen) atoms. The molecule has 1 saturated heterocycles. The molecule has 0 aromatic rings. The van der Waals surface area contributed by atoms with Crippen molar-refractivity contribution in [3.63, 3.8) is 0 Å². The van der Waals surface area contributed by atoms with Crippen LogP contribution in [0.2, 0.25) is 0 Å². The zero-order valence-corrected chi connectivity index (χ0v) is 9.83. The van der Waals surface area contributed by atoms with E-state index in [0.29, 0.717) is 23.6 Å². The number of carbonyl (C=O) groups is 1. The maximum atomic E-state index is 11.8. The number of nitrogens with zero attached hydrogens (tertiary/aromatic N) is 2. The Morgan fingerprint density at radius 1 is 1.69 bits per heavy atom. The summed E-state index contributed by atoms with van der Waals surface area (Å²) in [7, 11) is 0. The quantitative estimate of drug-likeness (QED) is 0.707. The smallest absolute Gasteiger partial charge is 0.410 e. The van der Waals surface area contributed by atoms with Gasteiger partial charge in [0.2, 0.25) is 0 Å². The third-order valence-corrected chi connectivity index (χ3v) is 3.50. The number of ether oxygens (including phenoxy) is 1. The molecule has 2 aliphatic rings. The molecule has 2 atom stereocenters. The van der Waals surface area contributed by atoms with Crippen molar-refractivity contribution >= 4 is 17.7 Å². The first-order valence-electron chi connectivity index (χ1n) is 5.42. The average Bonchev–Trinajstić information content (AvgIpc) is 2.56. The molecule has 0 aliphatic carbocycles. The van der Waals surface area contributed by atoms with E-state index < -0.39 is 0 Å². The number of fused-ring (bicyclic) bond motifs is 2. The molecule has 0 unspecified atom stereocenters. The summed E-state index contributed by atoms with van der Waals surface area (Å²) < 4.78 is 5.00. The summed E-state index contributed by atoms with van der Waals surface area (Å²) in [5.41, 5.74) is 0.531. The van der Waals surface area contributed by atoms with Crippen LogP contribution in [0.25, 0.3) is 0 Å². The van der Waals surface area contributed by atoms with Gasteiger partial charge in [0.05, 0.1) is 24.3 Å². The highest BCUT2D eigenvalue weighted by molar-refractivity contribution is 6.30. The van der Waals surface area contributed by atoms with Crippen molar-refractivity contribution in [3.8, 4) is 6.07 Å². The van der Waals surface area contributed by atoms with Gasteiger partial charge >= 0.3 is 6.09 Å². The number of carbonyl (C=O) groups excluding carboxylic acids is 1. The molecule has 0 radical (unpaired) electrons. The summed E-state index contributed by atoms with van der Waals surface area (Å²) in [6.45, 7) is 2.13. The lowest BCUT2D eigenvalue weighted by molar-refractivity contribution is 0.0909. The van der Waals surface area contributed by atoms with Gasteiger partial charge in [-0.2, -0.15) is 5.26 Å². The zero-order valence-electron chi connectivity index (χ0n) is 9.07. The Morgan fingerprint density at radius 3 is 3.06 bits per heavy atom. The highest BCUT2D eigenvalue weighted by atomic mass is 35.5. The van der Waals surface area contributed by atoms with E-state index in [9.17, 15) is 4.79 Å². The van der Waals surface area contributed by atoms with E-state index in [2.05, 4.69) is 6.07 Å². The second-order valence-corrected chi connectivity index (χ2v) is 4.44. The summed E-state index contributed by atoms with van der Waals surface area (Å²) in [4.78, 5) is 13.4. The van der Waals surface area contributed by atoms with Crippen LogP contribution in [0.4, 0.5) is 4.79 Å². The molecular weight excluding hydrogens is 228 g/mol. The topological polar surface area (TPSA) is 53.3 Å². The van der Waals surface area contributed by atoms with E-state index in [1.807, 2.05) is 0 Å². The fourth-order valence-electron chi connectivity index (χ4n) is 2.47. The lowest BCUT2D eigenvalue weighted by Gasteiger charge is -2.33. The van der Waals surface area contributed by atoms with Crippen LogP contribution in [-0.4, -0.2) is 29.7 Å². The van der Waals surface area contributed by atoms with Crippen LogP contribution in [0.15, 0.2) is 10.6 Å². The lowest BCUT2D eigenvalue weighted by Crippen LogP contribution is -2.45. The van der Waals surface area contributed by atoms with Gasteiger partial charge in [0.25, 0.3) is 0 Å². The third-order valence-electron chi connectivity index (χ3n) is 3.14. The van der Waals surface area contributed by atoms with Crippen LogP contribution >= 0.6 is 11.6 Å². The number of hydrogen-bond acceptors (Lipinski definition) is 3. The van der Waals surface area contributed by atoms with Crippen LogP contribution in [-0.2, 0) is 4.74 Å². The first-order valence-corrected chi connectivity index (χ1v) is 5.80. The standard InChI is InChI=1S/C11H13ClN2O2/c1-2-16-11(15)14-7-3-4-10(14)8(6-13)9(12)5-7/h7,10H,2-5H2,1H3/t7-,10-/m1/s1. The van der Waals surface area contributed by atoms with Crippen molar-refractivity contribution in [2.45, 2.75) is 38.3 Å². The van der Waals surface area contributed by atoms with Gasteiger partial charge in [-0.3, -0.25) is 4.90 Å². The van der Waals surface area contributed by atoms with E-state index >= 15 is 0 Å². The minimum Gasteiger partial charge on any atom is -0.450 e. The summed E-state index contributed by atoms with van der Waals surface area (Å²) in [6.07, 6.45) is 1.96. The maximum Gasteiger partial charge on any atom is 0.410 e. The predicted molar refractivity (Wildman–Crippen MR) is 58.8 cm³/mol. The fourth-order valence-corrected chi connectivity index (χ4v) is 2.82. The van der Waals surface area contributed by atoms with Crippen LogP contribution in [0.5, 0.6) is 0 Å². The van der Waals surface area contributed by atoms with E-state index in [4.69, 9.17) is 21.6 Å². The van der Waals surface area contributed by atoms with Gasteiger partial charge in [0.15, 0.2) is 0 Å². The Morgan fingerprint density at radius 2 is 2.44 bits per heavy atom. The van der Waals surface area contributed by atoms with Gasteiger partial charge in [0.1, 0.15) is 0 Å². The highest BCUT2D eigenvalue weighted by Gasteiger charge is 2.44. The van der Waals surface area contributed by atoms with E-state index in [1.54, 1.807) is 11.8 Å². The van der Waals surface area contributed by atoms with Gasteiger partial charge in [-0.1, -0.05) is 11.6 Å². The Balaban J connectivity index is 2.26. The number of rotatable bonds is 1. The van der Waals surface area contributed by atoms with Crippen LogP contribution in [0.1, 0.15) is 26.2 Å². The molecule has 0 spiro atoms. The van der Waals surface area contributed by atoms with E-state index in [-0.39, 0.29) is 18.2 Å². The van der Waals surface area contributed by atoms with Crippen molar-refractivity contribution in [2.24, 2.45) is 0 Å². The van der Waals surface area contributed by atoms with Gasteiger partial charge in [-0.15, -0.1) is 0 Å². The fraction of sp³-hybridized carbons (Fsp3) is 0.636. The van der Waals surface area contributed by atoms with Crippen molar-refractivity contribution in [1.29, 1.82) is 5.26 Å². The van der Waals surface area contributed by atoms with Gasteiger partial charge in [0, 0.05) is 17.5 Å². The molecule has 0 aromatic carbocycles. The summed E-state index contributed by atoms with van der Waals surface area (Å²) in [6, 6.07) is 2.04. The number of nitriles is 1. The van der Waals surface area contributed by atoms with E-state index in [1.165, 1.54) is 0 Å². The summed E-state index contributed by atoms with van der Waals surface area (Å²) in [5, 5.41) is 9.65. The lowest BCUT2D eigenvalue weighted by atomic mass is 10.0. The zero-order chi connectivity index (χ0) is 11.7. The van der Waals surface area contributed by atoms with Crippen molar-refractivity contribution in [1.82, 2.24) is 4.90 Å². The van der Waals surface area contributed by atoms with Crippen molar-refractivity contribution < 1.29 is 9.53 Å². The monoisotopic (exact) mass is 240 g/mol. The van der Waals surface area contributed by atoms with Crippen LogP contribution < -0.4 is 0 Å². The molecule has 2 aliphatic heterocycles. The van der Waals surface area contributed by atoms with Crippen molar-refractivity contribution in [3.05, 3.63) is 10.6 Å². The molecule has 0 aromatic heterocycles. The highest BCUT2D eigenvalue weighted by Crippen LogP contribution is 2.40.